The van der Waals surface area contributed by atoms with Gasteiger partial charge in [-0.15, -0.1) is 0 Å². The Kier molecular flexibility index (Phi) is 6.04. The molecule has 0 bridgehead atoms. The summed E-state index contributed by atoms with van der Waals surface area (Å²) >= 11 is 0. The monoisotopic (exact) mass is 120 g/mol. The summed E-state index contributed by atoms with van der Waals surface area (Å²) in [6.45, 7) is 1.35. The van der Waals surface area contributed by atoms with Gasteiger partial charge in [0.05, 0.1) is 6.29 Å². The molecule has 0 unspecified atom stereocenters. The zero-order chi connectivity index (χ0) is 5.54. The first kappa shape index (κ1) is 7.02. The van der Waals surface area contributed by atoms with Gasteiger partial charge in [-0.3, -0.25) is 4.57 Å². The average molecular weight is 120 g/mol. The maximum atomic E-state index is 9.67. The number of nitrogens with two attached hydrogens (primary N) is 1. The Bertz CT molecular complexity index is 50.2. The van der Waals surface area contributed by atoms with Gasteiger partial charge >= 0.3 is 0 Å². The summed E-state index contributed by atoms with van der Waals surface area (Å²) in [7, 11) is 0.138. The minimum atomic E-state index is 0.138. The molecule has 3 nitrogen and oxygen atoms in total. The number of nitrogens with one attached hydrogen (secondary N) is 1. The topological polar surface area (TPSA) is 55.1 Å². The summed E-state index contributed by atoms with van der Waals surface area (Å²) in [6.07, 6.45) is 0.511. The van der Waals surface area contributed by atoms with Crippen molar-refractivity contribution >= 4 is 8.46 Å². The lowest BCUT2D eigenvalue weighted by Gasteiger charge is -1.90. The first-order valence-corrected chi connectivity index (χ1v) is 3.11. The molecule has 7 heavy (non-hydrogen) atoms. The van der Waals surface area contributed by atoms with Crippen molar-refractivity contribution in [2.75, 3.05) is 19.4 Å². The molecule has 0 aliphatic rings. The van der Waals surface area contributed by atoms with Crippen LogP contribution in [0.2, 0.25) is 0 Å². The van der Waals surface area contributed by atoms with E-state index in [0.29, 0.717) is 12.8 Å². The average Bonchev–Trinajstić information content (AvgIpc) is 1.69. The van der Waals surface area contributed by atoms with Gasteiger partial charge in [-0.05, 0) is 0 Å². The van der Waals surface area contributed by atoms with E-state index in [1.807, 2.05) is 0 Å². The Labute approximate surface area is 44.5 Å². The van der Waals surface area contributed by atoms with Gasteiger partial charge in [0.25, 0.3) is 0 Å². The van der Waals surface area contributed by atoms with E-state index < -0.39 is 0 Å². The lowest BCUT2D eigenvalue weighted by molar-refractivity contribution is 0.594. The maximum absolute atomic E-state index is 9.67. The zero-order valence-electron chi connectivity index (χ0n) is 4.05. The standard InChI is InChI=1S/C3H9N2OP/c4-1-2-5-3-7-6/h5H,1-4H2. The molecule has 4 heteroatoms. The molecule has 42 valence electrons. The first-order chi connectivity index (χ1) is 3.41. The quantitative estimate of drug-likeness (QED) is 0.398. The Morgan fingerprint density at radius 1 is 1.71 bits per heavy atom. The lowest BCUT2D eigenvalue weighted by atomic mass is 10.7. The van der Waals surface area contributed by atoms with Crippen LogP contribution < -0.4 is 11.1 Å². The Hall–Kier alpha value is 0.0200. The summed E-state index contributed by atoms with van der Waals surface area (Å²) in [5.74, 6) is 0. The molecule has 0 spiro atoms. The van der Waals surface area contributed by atoms with E-state index in [9.17, 15) is 4.57 Å². The van der Waals surface area contributed by atoms with E-state index in [2.05, 4.69) is 5.32 Å². The second-order valence-electron chi connectivity index (χ2n) is 1.08. The van der Waals surface area contributed by atoms with Gasteiger partial charge in [0.1, 0.15) is 0 Å². The molecular formula is C3H9N2OP. The number of hydrogen-bond acceptors (Lipinski definition) is 3. The highest BCUT2D eigenvalue weighted by molar-refractivity contribution is 7.23. The van der Waals surface area contributed by atoms with Crippen molar-refractivity contribution < 1.29 is 4.57 Å². The van der Waals surface area contributed by atoms with Crippen molar-refractivity contribution in [1.82, 2.24) is 5.32 Å². The molecule has 3 N–H and O–H groups in total. The SMILES string of the molecule is NCCNCP=O. The molecule has 0 saturated heterocycles. The van der Waals surface area contributed by atoms with Crippen LogP contribution in [0, 0.1) is 0 Å². The smallest absolute Gasteiger partial charge is 0.170 e. The molecule has 0 fully saturated rings. The summed E-state index contributed by atoms with van der Waals surface area (Å²) in [5.41, 5.74) is 5.10. The maximum Gasteiger partial charge on any atom is 0.170 e. The molecular weight excluding hydrogens is 111 g/mol. The summed E-state index contributed by atoms with van der Waals surface area (Å²) < 4.78 is 9.67. The lowest BCUT2D eigenvalue weighted by Crippen LogP contribution is -2.20. The van der Waals surface area contributed by atoms with E-state index >= 15 is 0 Å². The van der Waals surface area contributed by atoms with Crippen LogP contribution in [0.5, 0.6) is 0 Å². The van der Waals surface area contributed by atoms with Crippen LogP contribution in [0.4, 0.5) is 0 Å². The fourth-order valence-corrected chi connectivity index (χ4v) is 0.476. The largest absolute Gasteiger partial charge is 0.329 e. The molecule has 0 aliphatic carbocycles. The number of hydrogen-bond donors (Lipinski definition) is 2. The summed E-state index contributed by atoms with van der Waals surface area (Å²) in [6, 6.07) is 0. The van der Waals surface area contributed by atoms with Crippen molar-refractivity contribution in [3.63, 3.8) is 0 Å². The van der Waals surface area contributed by atoms with Crippen LogP contribution in [0.15, 0.2) is 0 Å². The van der Waals surface area contributed by atoms with Gasteiger partial charge in [-0.2, -0.15) is 0 Å². The van der Waals surface area contributed by atoms with Crippen LogP contribution in [0.25, 0.3) is 0 Å². The van der Waals surface area contributed by atoms with Gasteiger partial charge in [0.2, 0.25) is 0 Å². The first-order valence-electron chi connectivity index (χ1n) is 2.11. The molecule has 0 heterocycles. The Morgan fingerprint density at radius 2 is 2.43 bits per heavy atom. The Balaban J connectivity index is 2.56. The third kappa shape index (κ3) is 6.02. The number of rotatable bonds is 4. The van der Waals surface area contributed by atoms with E-state index in [-0.39, 0.29) is 8.46 Å². The van der Waals surface area contributed by atoms with Crippen molar-refractivity contribution in [3.8, 4) is 0 Å². The molecule has 0 atom stereocenters. The van der Waals surface area contributed by atoms with Gasteiger partial charge in [-0.1, -0.05) is 0 Å². The van der Waals surface area contributed by atoms with Crippen LogP contribution in [-0.2, 0) is 4.57 Å². The van der Waals surface area contributed by atoms with Crippen molar-refractivity contribution in [3.05, 3.63) is 0 Å². The third-order valence-corrected chi connectivity index (χ3v) is 0.850. The van der Waals surface area contributed by atoms with E-state index in [1.54, 1.807) is 0 Å². The second kappa shape index (κ2) is 6.02. The molecule has 0 aromatic rings. The van der Waals surface area contributed by atoms with Gasteiger partial charge in [0, 0.05) is 13.1 Å². The van der Waals surface area contributed by atoms with Gasteiger partial charge < -0.3 is 11.1 Å². The molecule has 0 amide bonds. The highest BCUT2D eigenvalue weighted by Crippen LogP contribution is 1.81. The molecule has 0 saturated carbocycles. The fourth-order valence-electron chi connectivity index (χ4n) is 0.227. The highest BCUT2D eigenvalue weighted by atomic mass is 31.1. The van der Waals surface area contributed by atoms with E-state index in [1.165, 1.54) is 0 Å². The van der Waals surface area contributed by atoms with Crippen molar-refractivity contribution in [2.24, 2.45) is 5.73 Å². The second-order valence-corrected chi connectivity index (χ2v) is 1.65. The van der Waals surface area contributed by atoms with Crippen LogP contribution in [0.3, 0.4) is 0 Å². The van der Waals surface area contributed by atoms with E-state index in [0.717, 1.165) is 6.54 Å². The molecule has 0 aliphatic heterocycles. The molecule has 0 aromatic carbocycles. The van der Waals surface area contributed by atoms with Crippen LogP contribution in [-0.4, -0.2) is 19.4 Å². The predicted octanol–water partition coefficient (Wildman–Crippen LogP) is -0.216. The van der Waals surface area contributed by atoms with Gasteiger partial charge in [0.15, 0.2) is 8.46 Å². The minimum Gasteiger partial charge on any atom is -0.329 e. The van der Waals surface area contributed by atoms with Gasteiger partial charge in [-0.25, -0.2) is 0 Å². The fraction of sp³-hybridized carbons (Fsp3) is 1.00. The third-order valence-electron chi connectivity index (χ3n) is 0.497. The van der Waals surface area contributed by atoms with E-state index in [4.69, 9.17) is 5.73 Å². The zero-order valence-corrected chi connectivity index (χ0v) is 4.95. The highest BCUT2D eigenvalue weighted by Gasteiger charge is 1.77. The molecule has 0 aromatic heterocycles. The molecule has 0 radical (unpaired) electrons. The Morgan fingerprint density at radius 3 is 2.86 bits per heavy atom. The molecule has 0 rings (SSSR count). The normalized spacial score (nSPS) is 9.86. The van der Waals surface area contributed by atoms with Crippen molar-refractivity contribution in [2.45, 2.75) is 0 Å². The summed E-state index contributed by atoms with van der Waals surface area (Å²) in [5, 5.41) is 2.83. The summed E-state index contributed by atoms with van der Waals surface area (Å²) in [4.78, 5) is 0. The van der Waals surface area contributed by atoms with Crippen LogP contribution in [0.1, 0.15) is 0 Å². The minimum absolute atomic E-state index is 0.138. The predicted molar refractivity (Wildman–Crippen MR) is 29.5 cm³/mol. The van der Waals surface area contributed by atoms with Crippen LogP contribution >= 0.6 is 8.46 Å². The van der Waals surface area contributed by atoms with Crippen molar-refractivity contribution in [1.29, 1.82) is 0 Å².